The summed E-state index contributed by atoms with van der Waals surface area (Å²) >= 11 is 0. The molecule has 0 aromatic carbocycles. The summed E-state index contributed by atoms with van der Waals surface area (Å²) in [6.07, 6.45) is 7.45. The molecule has 140 valence electrons. The molecule has 8 heteroatoms. The first-order valence-electron chi connectivity index (χ1n) is 9.02. The Bertz CT molecular complexity index is 708. The minimum Gasteiger partial charge on any atom is -0.393 e. The number of likely N-dealkylation sites (tertiary alicyclic amines) is 1. The Morgan fingerprint density at radius 1 is 1.15 bits per heavy atom. The second kappa shape index (κ2) is 7.82. The van der Waals surface area contributed by atoms with Crippen LogP contribution in [0.25, 0.3) is 0 Å². The first kappa shape index (κ1) is 18.3. The van der Waals surface area contributed by atoms with Crippen molar-refractivity contribution in [3.8, 4) is 0 Å². The number of carbonyl (C=O) groups is 3. The van der Waals surface area contributed by atoms with Crippen molar-refractivity contribution in [3.05, 3.63) is 24.0 Å². The van der Waals surface area contributed by atoms with Crippen molar-refractivity contribution >= 4 is 23.4 Å². The van der Waals surface area contributed by atoms with Crippen LogP contribution in [0.1, 0.15) is 48.9 Å². The van der Waals surface area contributed by atoms with Crippen LogP contribution in [0.4, 0.5) is 5.69 Å². The fourth-order valence-electron chi connectivity index (χ4n) is 4.03. The highest BCUT2D eigenvalue weighted by atomic mass is 16.3. The first-order chi connectivity index (χ1) is 12.5. The van der Waals surface area contributed by atoms with E-state index in [1.54, 1.807) is 4.90 Å². The minimum atomic E-state index is -0.771. The predicted molar refractivity (Wildman–Crippen MR) is 94.1 cm³/mol. The van der Waals surface area contributed by atoms with Gasteiger partial charge in [-0.2, -0.15) is 0 Å². The number of pyridine rings is 1. The van der Waals surface area contributed by atoms with Gasteiger partial charge in [-0.05, 0) is 38.2 Å². The van der Waals surface area contributed by atoms with E-state index in [-0.39, 0.29) is 23.2 Å². The molecule has 26 heavy (non-hydrogen) atoms. The lowest BCUT2D eigenvalue weighted by atomic mass is 9.87. The van der Waals surface area contributed by atoms with E-state index >= 15 is 0 Å². The summed E-state index contributed by atoms with van der Waals surface area (Å²) in [6, 6.07) is 1.28. The quantitative estimate of drug-likeness (QED) is 0.683. The van der Waals surface area contributed by atoms with Crippen LogP contribution in [0.2, 0.25) is 0 Å². The number of primary amides is 1. The molecule has 1 aromatic rings. The topological polar surface area (TPSA) is 126 Å². The lowest BCUT2D eigenvalue weighted by Crippen LogP contribution is -2.52. The van der Waals surface area contributed by atoms with Crippen LogP contribution in [0.15, 0.2) is 18.5 Å². The van der Waals surface area contributed by atoms with Gasteiger partial charge in [0.15, 0.2) is 0 Å². The number of hydrogen-bond donors (Lipinski definition) is 3. The molecule has 3 rings (SSSR count). The van der Waals surface area contributed by atoms with Gasteiger partial charge in [-0.1, -0.05) is 6.42 Å². The summed E-state index contributed by atoms with van der Waals surface area (Å²) in [4.78, 5) is 41.8. The van der Waals surface area contributed by atoms with E-state index in [9.17, 15) is 19.5 Å². The summed E-state index contributed by atoms with van der Waals surface area (Å²) < 4.78 is 0. The number of nitrogens with two attached hydrogens (primary N) is 1. The summed E-state index contributed by atoms with van der Waals surface area (Å²) in [6.45, 7) is 0.514. The maximum Gasteiger partial charge on any atom is 0.313 e. The van der Waals surface area contributed by atoms with Gasteiger partial charge in [-0.25, -0.2) is 0 Å². The lowest BCUT2D eigenvalue weighted by Gasteiger charge is -2.39. The van der Waals surface area contributed by atoms with Gasteiger partial charge in [0, 0.05) is 24.7 Å². The molecule has 2 fully saturated rings. The summed E-state index contributed by atoms with van der Waals surface area (Å²) in [5.74, 6) is -2.01. The Kier molecular flexibility index (Phi) is 5.51. The van der Waals surface area contributed by atoms with E-state index in [1.807, 2.05) is 0 Å². The Morgan fingerprint density at radius 3 is 2.65 bits per heavy atom. The van der Waals surface area contributed by atoms with Crippen molar-refractivity contribution in [3.63, 3.8) is 0 Å². The number of aliphatic hydroxyl groups excluding tert-OH is 1. The summed E-state index contributed by atoms with van der Waals surface area (Å²) in [5, 5.41) is 12.7. The molecule has 0 radical (unpaired) electrons. The number of piperidine rings is 1. The number of hydrogen-bond acceptors (Lipinski definition) is 5. The number of nitrogens with one attached hydrogen (secondary N) is 1. The first-order valence-corrected chi connectivity index (χ1v) is 9.02. The molecule has 1 aromatic heterocycles. The van der Waals surface area contributed by atoms with Gasteiger partial charge < -0.3 is 21.1 Å². The highest BCUT2D eigenvalue weighted by molar-refractivity contribution is 6.39. The Labute approximate surface area is 151 Å². The molecule has 1 aliphatic carbocycles. The van der Waals surface area contributed by atoms with Crippen LogP contribution in [-0.4, -0.2) is 51.4 Å². The molecular formula is C18H24N4O4. The Balaban J connectivity index is 1.71. The smallest absolute Gasteiger partial charge is 0.313 e. The van der Waals surface area contributed by atoms with Crippen LogP contribution in [0, 0.1) is 5.92 Å². The lowest BCUT2D eigenvalue weighted by molar-refractivity contribution is -0.147. The molecule has 0 spiro atoms. The third kappa shape index (κ3) is 3.85. The molecule has 4 N–H and O–H groups in total. The van der Waals surface area contributed by atoms with Crippen molar-refractivity contribution in [1.82, 2.24) is 9.88 Å². The van der Waals surface area contributed by atoms with Gasteiger partial charge in [0.2, 0.25) is 5.91 Å². The second-order valence-corrected chi connectivity index (χ2v) is 7.00. The Hall–Kier alpha value is -2.48. The number of carbonyl (C=O) groups excluding carboxylic acids is 3. The van der Waals surface area contributed by atoms with Gasteiger partial charge in [0.05, 0.1) is 23.6 Å². The number of amides is 3. The van der Waals surface area contributed by atoms with Crippen molar-refractivity contribution in [2.75, 3.05) is 11.9 Å². The number of aliphatic hydroxyl groups is 1. The fourth-order valence-corrected chi connectivity index (χ4v) is 4.03. The van der Waals surface area contributed by atoms with Crippen LogP contribution < -0.4 is 11.1 Å². The standard InChI is InChI=1S/C18H24N4O4/c19-16(24)11-8-12(10-20-9-11)21-17(25)18(26)22-7-2-1-5-14(22)13-4-3-6-15(13)23/h8-10,13-15,23H,1-7H2,(H2,19,24)(H,21,25). The fraction of sp³-hybridized carbons (Fsp3) is 0.556. The van der Waals surface area contributed by atoms with E-state index < -0.39 is 23.8 Å². The number of nitrogens with zero attached hydrogens (tertiary/aromatic N) is 2. The second-order valence-electron chi connectivity index (χ2n) is 7.00. The zero-order chi connectivity index (χ0) is 18.7. The molecule has 0 bridgehead atoms. The van der Waals surface area contributed by atoms with Gasteiger partial charge in [0.1, 0.15) is 0 Å². The maximum absolute atomic E-state index is 12.7. The summed E-state index contributed by atoms with van der Waals surface area (Å²) in [5.41, 5.74) is 5.60. The molecule has 3 amide bonds. The predicted octanol–water partition coefficient (Wildman–Crippen LogP) is 0.661. The zero-order valence-electron chi connectivity index (χ0n) is 14.6. The van der Waals surface area contributed by atoms with Gasteiger partial charge in [-0.15, -0.1) is 0 Å². The van der Waals surface area contributed by atoms with E-state index in [1.165, 1.54) is 18.5 Å². The van der Waals surface area contributed by atoms with Crippen LogP contribution >= 0.6 is 0 Å². The van der Waals surface area contributed by atoms with Gasteiger partial charge in [0.25, 0.3) is 0 Å². The maximum atomic E-state index is 12.7. The molecule has 8 nitrogen and oxygen atoms in total. The average Bonchev–Trinajstić information content (AvgIpc) is 3.07. The van der Waals surface area contributed by atoms with Gasteiger partial charge in [-0.3, -0.25) is 19.4 Å². The third-order valence-corrected chi connectivity index (χ3v) is 5.31. The Morgan fingerprint density at radius 2 is 1.96 bits per heavy atom. The highest BCUT2D eigenvalue weighted by Crippen LogP contribution is 2.35. The average molecular weight is 360 g/mol. The minimum absolute atomic E-state index is 0.0342. The van der Waals surface area contributed by atoms with E-state index in [2.05, 4.69) is 10.3 Å². The zero-order valence-corrected chi connectivity index (χ0v) is 14.6. The molecule has 2 heterocycles. The van der Waals surface area contributed by atoms with Crippen LogP contribution in [0.5, 0.6) is 0 Å². The highest BCUT2D eigenvalue weighted by Gasteiger charge is 2.40. The number of anilines is 1. The van der Waals surface area contributed by atoms with E-state index in [0.717, 1.165) is 38.5 Å². The summed E-state index contributed by atoms with van der Waals surface area (Å²) in [7, 11) is 0. The molecular weight excluding hydrogens is 336 g/mol. The van der Waals surface area contributed by atoms with Crippen LogP contribution in [0.3, 0.4) is 0 Å². The molecule has 3 atom stereocenters. The molecule has 3 unspecified atom stereocenters. The van der Waals surface area contributed by atoms with Crippen molar-refractivity contribution in [2.45, 2.75) is 50.7 Å². The third-order valence-electron chi connectivity index (χ3n) is 5.31. The normalized spacial score (nSPS) is 25.7. The number of aromatic nitrogens is 1. The van der Waals surface area contributed by atoms with Gasteiger partial charge >= 0.3 is 11.8 Å². The van der Waals surface area contributed by atoms with Crippen molar-refractivity contribution in [1.29, 1.82) is 0 Å². The van der Waals surface area contributed by atoms with E-state index in [4.69, 9.17) is 5.73 Å². The molecule has 1 saturated carbocycles. The monoisotopic (exact) mass is 360 g/mol. The van der Waals surface area contributed by atoms with Crippen LogP contribution in [-0.2, 0) is 9.59 Å². The van der Waals surface area contributed by atoms with Crippen molar-refractivity contribution in [2.24, 2.45) is 11.7 Å². The number of rotatable bonds is 3. The molecule has 1 saturated heterocycles. The van der Waals surface area contributed by atoms with Crippen molar-refractivity contribution < 1.29 is 19.5 Å². The largest absolute Gasteiger partial charge is 0.393 e. The SMILES string of the molecule is NC(=O)c1cncc(NC(=O)C(=O)N2CCCCC2C2CCCC2O)c1. The molecule has 1 aliphatic heterocycles. The molecule has 2 aliphatic rings. The van der Waals surface area contributed by atoms with E-state index in [0.29, 0.717) is 6.54 Å².